The van der Waals surface area contributed by atoms with E-state index in [-0.39, 0.29) is 18.0 Å². The van der Waals surface area contributed by atoms with Gasteiger partial charge in [-0.05, 0) is 48.9 Å². The minimum Gasteiger partial charge on any atom is -0.457 e. The van der Waals surface area contributed by atoms with Gasteiger partial charge in [0.1, 0.15) is 34.8 Å². The van der Waals surface area contributed by atoms with Gasteiger partial charge in [0.2, 0.25) is 5.91 Å². The molecule has 2 aromatic heterocycles. The number of fused-ring (bicyclic) bond motifs is 1. The van der Waals surface area contributed by atoms with Crippen LogP contribution in [0.5, 0.6) is 17.2 Å². The van der Waals surface area contributed by atoms with Gasteiger partial charge < -0.3 is 24.3 Å². The summed E-state index contributed by atoms with van der Waals surface area (Å²) in [6, 6.07) is 12.3. The second-order valence-corrected chi connectivity index (χ2v) is 11.2. The number of sulfone groups is 1. The molecular weight excluding hydrogens is 551 g/mol. The highest BCUT2D eigenvalue weighted by atomic mass is 32.2. The normalized spacial score (nSPS) is 11.8. The molecule has 0 fully saturated rings. The first-order chi connectivity index (χ1) is 18.8. The highest BCUT2D eigenvalue weighted by Crippen LogP contribution is 2.32. The van der Waals surface area contributed by atoms with E-state index in [4.69, 9.17) is 4.74 Å². The molecule has 10 nitrogen and oxygen atoms in total. The zero-order chi connectivity index (χ0) is 29.1. The number of halogens is 3. The zero-order valence-electron chi connectivity index (χ0n) is 21.8. The molecule has 0 spiro atoms. The van der Waals surface area contributed by atoms with E-state index in [1.54, 1.807) is 44.4 Å². The lowest BCUT2D eigenvalue weighted by Crippen LogP contribution is -2.34. The highest BCUT2D eigenvalue weighted by Gasteiger charge is 2.31. The van der Waals surface area contributed by atoms with Gasteiger partial charge in [0.25, 0.3) is 0 Å². The molecule has 1 amide bonds. The Morgan fingerprint density at radius 1 is 1.10 bits per heavy atom. The predicted octanol–water partition coefficient (Wildman–Crippen LogP) is 4.68. The van der Waals surface area contributed by atoms with Gasteiger partial charge in [0.15, 0.2) is 15.7 Å². The maximum absolute atomic E-state index is 12.5. The third-order valence-electron chi connectivity index (χ3n) is 5.74. The zero-order valence-corrected chi connectivity index (χ0v) is 22.6. The Bertz CT molecular complexity index is 1640. The van der Waals surface area contributed by atoms with E-state index in [0.717, 1.165) is 12.3 Å². The Balaban J connectivity index is 1.49. The number of anilines is 2. The van der Waals surface area contributed by atoms with Crippen LogP contribution in [0.1, 0.15) is 5.56 Å². The van der Waals surface area contributed by atoms with Crippen LogP contribution in [0.15, 0.2) is 61.1 Å². The van der Waals surface area contributed by atoms with E-state index in [9.17, 15) is 26.4 Å². The first-order valence-corrected chi connectivity index (χ1v) is 14.0. The maximum atomic E-state index is 12.5. The second-order valence-electron chi connectivity index (χ2n) is 9.08. The first-order valence-electron chi connectivity index (χ1n) is 11.9. The molecule has 1 N–H and O–H groups in total. The van der Waals surface area contributed by atoms with Crippen LogP contribution in [0.2, 0.25) is 0 Å². The number of aryl methyl sites for hydroxylation is 1. The van der Waals surface area contributed by atoms with Gasteiger partial charge in [-0.3, -0.25) is 4.79 Å². The lowest BCUT2D eigenvalue weighted by molar-refractivity contribution is -0.274. The van der Waals surface area contributed by atoms with Gasteiger partial charge in [-0.1, -0.05) is 6.07 Å². The number of likely N-dealkylation sites (N-methyl/N-ethyl adjacent to an activating group) is 1. The number of nitrogens with zero attached hydrogens (tertiary/aromatic N) is 4. The number of alkyl halides is 3. The van der Waals surface area contributed by atoms with E-state index < -0.39 is 27.9 Å². The van der Waals surface area contributed by atoms with Crippen molar-refractivity contribution in [1.82, 2.24) is 19.4 Å². The van der Waals surface area contributed by atoms with Crippen molar-refractivity contribution in [2.45, 2.75) is 19.8 Å². The average Bonchev–Trinajstić information content (AvgIpc) is 3.26. The van der Waals surface area contributed by atoms with Gasteiger partial charge in [-0.15, -0.1) is 13.2 Å². The number of aromatic nitrogens is 3. The summed E-state index contributed by atoms with van der Waals surface area (Å²) in [6.07, 6.45) is -0.575. The van der Waals surface area contributed by atoms with Crippen molar-refractivity contribution in [2.75, 3.05) is 30.9 Å². The van der Waals surface area contributed by atoms with Crippen LogP contribution in [0, 0.1) is 6.92 Å². The van der Waals surface area contributed by atoms with Gasteiger partial charge in [-0.25, -0.2) is 18.4 Å². The molecule has 2 heterocycles. The van der Waals surface area contributed by atoms with Crippen molar-refractivity contribution in [2.24, 2.45) is 0 Å². The Kier molecular flexibility index (Phi) is 8.18. The summed E-state index contributed by atoms with van der Waals surface area (Å²) in [5, 5.41) is 3.25. The SMILES string of the molecule is Cc1cc(Nc2ncnc3ccn(CCN(C)C(=O)CS(C)(=O)=O)c23)ccc1Oc1cccc(OC(F)(F)F)c1. The van der Waals surface area contributed by atoms with Crippen LogP contribution in [0.25, 0.3) is 11.0 Å². The molecule has 4 rings (SSSR count). The van der Waals surface area contributed by atoms with E-state index in [2.05, 4.69) is 20.0 Å². The van der Waals surface area contributed by atoms with Gasteiger partial charge in [0.05, 0.1) is 5.52 Å². The molecule has 4 aromatic rings. The molecule has 0 aliphatic rings. The monoisotopic (exact) mass is 577 g/mol. The Labute approximate surface area is 228 Å². The van der Waals surface area contributed by atoms with Crippen LogP contribution in [0.4, 0.5) is 24.7 Å². The molecule has 0 radical (unpaired) electrons. The summed E-state index contributed by atoms with van der Waals surface area (Å²) in [7, 11) is -1.89. The summed E-state index contributed by atoms with van der Waals surface area (Å²) in [5.41, 5.74) is 2.73. The molecule has 0 bridgehead atoms. The van der Waals surface area contributed by atoms with E-state index >= 15 is 0 Å². The van der Waals surface area contributed by atoms with Crippen molar-refractivity contribution in [1.29, 1.82) is 0 Å². The lowest BCUT2D eigenvalue weighted by Gasteiger charge is -2.18. The van der Waals surface area contributed by atoms with Crippen LogP contribution < -0.4 is 14.8 Å². The molecule has 0 aliphatic carbocycles. The van der Waals surface area contributed by atoms with Crippen molar-refractivity contribution < 1.29 is 35.9 Å². The highest BCUT2D eigenvalue weighted by molar-refractivity contribution is 7.91. The lowest BCUT2D eigenvalue weighted by atomic mass is 10.2. The topological polar surface area (TPSA) is 116 Å². The quantitative estimate of drug-likeness (QED) is 0.289. The van der Waals surface area contributed by atoms with Crippen LogP contribution in [-0.4, -0.2) is 65.7 Å². The fraction of sp³-hybridized carbons (Fsp3) is 0.269. The largest absolute Gasteiger partial charge is 0.573 e. The molecule has 0 aliphatic heterocycles. The Hall–Kier alpha value is -4.33. The molecule has 14 heteroatoms. The molecule has 0 saturated carbocycles. The molecule has 40 heavy (non-hydrogen) atoms. The molecular formula is C26H26F3N5O5S. The maximum Gasteiger partial charge on any atom is 0.573 e. The van der Waals surface area contributed by atoms with Crippen LogP contribution in [-0.2, 0) is 21.2 Å². The van der Waals surface area contributed by atoms with E-state index in [1.165, 1.54) is 29.4 Å². The number of rotatable bonds is 10. The standard InChI is InChI=1S/C26H26F3N5O5S/c1-17-13-18(7-8-22(17)38-19-5-4-6-20(14-19)39-26(27,28)29)32-25-24-21(30-16-31-25)9-10-34(24)12-11-33(2)23(35)15-40(3,36)37/h4-10,13-14,16H,11-12,15H2,1-3H3,(H,30,31,32). The fourth-order valence-electron chi connectivity index (χ4n) is 3.87. The number of hydrogen-bond donors (Lipinski definition) is 1. The summed E-state index contributed by atoms with van der Waals surface area (Å²) >= 11 is 0. The van der Waals surface area contributed by atoms with Crippen molar-refractivity contribution in [3.8, 4) is 17.2 Å². The third kappa shape index (κ3) is 7.62. The molecule has 0 saturated heterocycles. The first kappa shape index (κ1) is 28.7. The van der Waals surface area contributed by atoms with E-state index in [0.29, 0.717) is 40.4 Å². The summed E-state index contributed by atoms with van der Waals surface area (Å²) in [4.78, 5) is 22.2. The summed E-state index contributed by atoms with van der Waals surface area (Å²) in [5.74, 6) is -0.315. The molecule has 0 atom stereocenters. The molecule has 0 unspecified atom stereocenters. The minimum atomic E-state index is -4.81. The molecule has 212 valence electrons. The van der Waals surface area contributed by atoms with E-state index in [1.807, 2.05) is 4.57 Å². The number of ether oxygens (including phenoxy) is 2. The number of nitrogens with one attached hydrogen (secondary N) is 1. The van der Waals surface area contributed by atoms with Crippen LogP contribution in [0.3, 0.4) is 0 Å². The van der Waals surface area contributed by atoms with Gasteiger partial charge >= 0.3 is 6.36 Å². The van der Waals surface area contributed by atoms with Crippen molar-refractivity contribution >= 4 is 38.3 Å². The second kappa shape index (κ2) is 11.4. The smallest absolute Gasteiger partial charge is 0.457 e. The van der Waals surface area contributed by atoms with Gasteiger partial charge in [-0.2, -0.15) is 0 Å². The van der Waals surface area contributed by atoms with Crippen molar-refractivity contribution in [3.63, 3.8) is 0 Å². The number of carbonyl (C=O) groups is 1. The number of amides is 1. The molecule has 2 aromatic carbocycles. The predicted molar refractivity (Wildman–Crippen MR) is 143 cm³/mol. The summed E-state index contributed by atoms with van der Waals surface area (Å²) < 4.78 is 72.1. The number of hydrogen-bond acceptors (Lipinski definition) is 8. The Morgan fingerprint density at radius 2 is 1.85 bits per heavy atom. The Morgan fingerprint density at radius 3 is 2.55 bits per heavy atom. The van der Waals surface area contributed by atoms with Gasteiger partial charge in [0, 0.05) is 44.3 Å². The minimum absolute atomic E-state index is 0.181. The number of benzene rings is 2. The van der Waals surface area contributed by atoms with Crippen LogP contribution >= 0.6 is 0 Å². The summed E-state index contributed by atoms with van der Waals surface area (Å²) in [6.45, 7) is 2.44. The third-order valence-corrected chi connectivity index (χ3v) is 6.51. The van der Waals surface area contributed by atoms with Crippen molar-refractivity contribution in [3.05, 3.63) is 66.6 Å². The number of carbonyl (C=O) groups excluding carboxylic acids is 1. The fourth-order valence-corrected chi connectivity index (χ4v) is 4.54. The average molecular weight is 578 g/mol.